The molecule has 0 atom stereocenters. The van der Waals surface area contributed by atoms with Crippen LogP contribution in [0.25, 0.3) is 0 Å². The molecule has 2 N–H and O–H groups in total. The first-order valence-corrected chi connectivity index (χ1v) is 7.64. The van der Waals surface area contributed by atoms with Crippen molar-refractivity contribution in [2.75, 3.05) is 57.0 Å². The van der Waals surface area contributed by atoms with E-state index in [1.807, 2.05) is 37.2 Å². The van der Waals surface area contributed by atoms with Gasteiger partial charge in [0.05, 0.1) is 22.9 Å². The van der Waals surface area contributed by atoms with Crippen LogP contribution in [0.1, 0.15) is 6.42 Å². The standard InChI is InChI=1S/C15H23ClN4O/c1-19(2)15-12(16)5-3-6-13(15)18-14(21)11-20-9-4-7-17-8-10-20/h3,5-6,17H,4,7-11H2,1-2H3,(H,18,21). The number of halogens is 1. The largest absolute Gasteiger partial charge is 0.375 e. The van der Waals surface area contributed by atoms with Gasteiger partial charge in [-0.25, -0.2) is 0 Å². The maximum absolute atomic E-state index is 12.2. The highest BCUT2D eigenvalue weighted by Gasteiger charge is 2.15. The van der Waals surface area contributed by atoms with Gasteiger partial charge in [-0.05, 0) is 31.6 Å². The van der Waals surface area contributed by atoms with E-state index < -0.39 is 0 Å². The molecule has 5 nitrogen and oxygen atoms in total. The molecule has 1 aromatic rings. The predicted molar refractivity (Wildman–Crippen MR) is 88.3 cm³/mol. The molecule has 6 heteroatoms. The quantitative estimate of drug-likeness (QED) is 0.887. The number of carbonyl (C=O) groups excluding carboxylic acids is 1. The maximum atomic E-state index is 12.2. The molecule has 1 heterocycles. The topological polar surface area (TPSA) is 47.6 Å². The summed E-state index contributed by atoms with van der Waals surface area (Å²) in [5.74, 6) is 0.00210. The molecular weight excluding hydrogens is 288 g/mol. The van der Waals surface area contributed by atoms with E-state index in [-0.39, 0.29) is 5.91 Å². The highest BCUT2D eigenvalue weighted by molar-refractivity contribution is 6.34. The van der Waals surface area contributed by atoms with Crippen molar-refractivity contribution in [3.05, 3.63) is 23.2 Å². The molecule has 1 aliphatic rings. The average Bonchev–Trinajstić information content (AvgIpc) is 2.66. The van der Waals surface area contributed by atoms with Crippen molar-refractivity contribution in [2.45, 2.75) is 6.42 Å². The van der Waals surface area contributed by atoms with Crippen LogP contribution >= 0.6 is 11.6 Å². The second kappa shape index (κ2) is 7.64. The molecule has 1 amide bonds. The van der Waals surface area contributed by atoms with E-state index in [0.717, 1.165) is 44.0 Å². The zero-order valence-corrected chi connectivity index (χ0v) is 13.4. The van der Waals surface area contributed by atoms with Crippen molar-refractivity contribution in [1.82, 2.24) is 10.2 Å². The minimum absolute atomic E-state index is 0.00210. The van der Waals surface area contributed by atoms with Crippen LogP contribution in [-0.2, 0) is 4.79 Å². The summed E-state index contributed by atoms with van der Waals surface area (Å²) in [5, 5.41) is 6.94. The number of hydrogen-bond acceptors (Lipinski definition) is 4. The van der Waals surface area contributed by atoms with E-state index in [2.05, 4.69) is 15.5 Å². The second-order valence-electron chi connectivity index (χ2n) is 5.46. The van der Waals surface area contributed by atoms with Crippen LogP contribution in [0.5, 0.6) is 0 Å². The van der Waals surface area contributed by atoms with Crippen LogP contribution in [0.4, 0.5) is 11.4 Å². The number of nitrogens with zero attached hydrogens (tertiary/aromatic N) is 2. The monoisotopic (exact) mass is 310 g/mol. The minimum Gasteiger partial charge on any atom is -0.375 e. The van der Waals surface area contributed by atoms with Crippen LogP contribution in [0.15, 0.2) is 18.2 Å². The Hall–Kier alpha value is -1.30. The number of hydrogen-bond donors (Lipinski definition) is 2. The molecular formula is C15H23ClN4O. The summed E-state index contributed by atoms with van der Waals surface area (Å²) in [4.78, 5) is 16.3. The molecule has 2 rings (SSSR count). The number of carbonyl (C=O) groups is 1. The first kappa shape index (κ1) is 16.1. The maximum Gasteiger partial charge on any atom is 0.238 e. The molecule has 0 unspecified atom stereocenters. The molecule has 116 valence electrons. The van der Waals surface area contributed by atoms with Crippen molar-refractivity contribution in [3.8, 4) is 0 Å². The third-order valence-corrected chi connectivity index (χ3v) is 3.81. The van der Waals surface area contributed by atoms with Gasteiger partial charge in [-0.15, -0.1) is 0 Å². The highest BCUT2D eigenvalue weighted by Crippen LogP contribution is 2.32. The van der Waals surface area contributed by atoms with Gasteiger partial charge < -0.3 is 15.5 Å². The fraction of sp³-hybridized carbons (Fsp3) is 0.533. The lowest BCUT2D eigenvalue weighted by Gasteiger charge is -2.22. The zero-order chi connectivity index (χ0) is 15.2. The Morgan fingerprint density at radius 3 is 2.95 bits per heavy atom. The third-order valence-electron chi connectivity index (χ3n) is 3.51. The Morgan fingerprint density at radius 2 is 2.19 bits per heavy atom. The average molecular weight is 311 g/mol. The first-order chi connectivity index (χ1) is 10.1. The summed E-state index contributed by atoms with van der Waals surface area (Å²) in [6, 6.07) is 5.55. The van der Waals surface area contributed by atoms with Gasteiger partial charge in [-0.3, -0.25) is 9.69 Å². The van der Waals surface area contributed by atoms with Crippen LogP contribution in [0.3, 0.4) is 0 Å². The summed E-state index contributed by atoms with van der Waals surface area (Å²) in [6.07, 6.45) is 1.08. The van der Waals surface area contributed by atoms with Gasteiger partial charge in [0.25, 0.3) is 0 Å². The molecule has 0 aromatic heterocycles. The Balaban J connectivity index is 2.00. The number of anilines is 2. The molecule has 1 aliphatic heterocycles. The van der Waals surface area contributed by atoms with Gasteiger partial charge >= 0.3 is 0 Å². The van der Waals surface area contributed by atoms with Crippen molar-refractivity contribution in [3.63, 3.8) is 0 Å². The number of rotatable bonds is 4. The van der Waals surface area contributed by atoms with E-state index in [1.165, 1.54) is 0 Å². The first-order valence-electron chi connectivity index (χ1n) is 7.26. The molecule has 1 fully saturated rings. The van der Waals surface area contributed by atoms with E-state index >= 15 is 0 Å². The summed E-state index contributed by atoms with van der Waals surface area (Å²) in [6.45, 7) is 4.24. The highest BCUT2D eigenvalue weighted by atomic mass is 35.5. The molecule has 21 heavy (non-hydrogen) atoms. The lowest BCUT2D eigenvalue weighted by atomic mass is 10.2. The molecule has 0 bridgehead atoms. The van der Waals surface area contributed by atoms with Gasteiger partial charge in [0.1, 0.15) is 0 Å². The molecule has 1 saturated heterocycles. The minimum atomic E-state index is 0.00210. The summed E-state index contributed by atoms with van der Waals surface area (Å²) >= 11 is 6.21. The van der Waals surface area contributed by atoms with E-state index in [1.54, 1.807) is 0 Å². The Kier molecular flexibility index (Phi) is 5.85. The fourth-order valence-corrected chi connectivity index (χ4v) is 2.87. The van der Waals surface area contributed by atoms with Crippen molar-refractivity contribution < 1.29 is 4.79 Å². The lowest BCUT2D eigenvalue weighted by Crippen LogP contribution is -2.35. The van der Waals surface area contributed by atoms with Gasteiger partial charge in [0.2, 0.25) is 5.91 Å². The van der Waals surface area contributed by atoms with E-state index in [4.69, 9.17) is 11.6 Å². The molecule has 1 aromatic carbocycles. The van der Waals surface area contributed by atoms with Gasteiger partial charge in [0, 0.05) is 27.2 Å². The lowest BCUT2D eigenvalue weighted by molar-refractivity contribution is -0.117. The number of para-hydroxylation sites is 1. The van der Waals surface area contributed by atoms with Gasteiger partial charge in [-0.1, -0.05) is 17.7 Å². The molecule has 0 spiro atoms. The fourth-order valence-electron chi connectivity index (χ4n) is 2.52. The molecule has 0 saturated carbocycles. The summed E-state index contributed by atoms with van der Waals surface area (Å²) in [7, 11) is 3.83. The van der Waals surface area contributed by atoms with E-state index in [0.29, 0.717) is 11.6 Å². The second-order valence-corrected chi connectivity index (χ2v) is 5.87. The molecule has 0 radical (unpaired) electrons. The SMILES string of the molecule is CN(C)c1c(Cl)cccc1NC(=O)CN1CCCNCC1. The van der Waals surface area contributed by atoms with Crippen molar-refractivity contribution >= 4 is 28.9 Å². The number of benzene rings is 1. The van der Waals surface area contributed by atoms with Gasteiger partial charge in [-0.2, -0.15) is 0 Å². The Labute approximate surface area is 131 Å². The van der Waals surface area contributed by atoms with Crippen LogP contribution in [0, 0.1) is 0 Å². The van der Waals surface area contributed by atoms with Gasteiger partial charge in [0.15, 0.2) is 0 Å². The summed E-state index contributed by atoms with van der Waals surface area (Å²) < 4.78 is 0. The van der Waals surface area contributed by atoms with E-state index in [9.17, 15) is 4.79 Å². The Bertz CT molecular complexity index is 485. The summed E-state index contributed by atoms with van der Waals surface area (Å²) in [5.41, 5.74) is 1.59. The molecule has 0 aliphatic carbocycles. The van der Waals surface area contributed by atoms with Crippen LogP contribution in [0.2, 0.25) is 5.02 Å². The smallest absolute Gasteiger partial charge is 0.238 e. The predicted octanol–water partition coefficient (Wildman–Crippen LogP) is 1.64. The normalized spacial score (nSPS) is 16.3. The third kappa shape index (κ3) is 4.59. The number of nitrogens with one attached hydrogen (secondary N) is 2. The van der Waals surface area contributed by atoms with Crippen LogP contribution < -0.4 is 15.5 Å². The van der Waals surface area contributed by atoms with Crippen molar-refractivity contribution in [2.24, 2.45) is 0 Å². The number of amides is 1. The van der Waals surface area contributed by atoms with Crippen molar-refractivity contribution in [1.29, 1.82) is 0 Å². The Morgan fingerprint density at radius 1 is 1.38 bits per heavy atom. The van der Waals surface area contributed by atoms with Crippen LogP contribution in [-0.4, -0.2) is 57.6 Å². The zero-order valence-electron chi connectivity index (χ0n) is 12.7.